The standard InChI is InChI=1S/C14H20N2O4/c1-9-6-16(7-13(8-17)20-9)14(18)10-3-11(15)5-12(4-10)19-2/h3-5,9,13,17H,6-8,15H2,1-2H3. The summed E-state index contributed by atoms with van der Waals surface area (Å²) in [5.74, 6) is 0.414. The van der Waals surface area contributed by atoms with Crippen LogP contribution < -0.4 is 10.5 Å². The van der Waals surface area contributed by atoms with Crippen LogP contribution in [0.3, 0.4) is 0 Å². The van der Waals surface area contributed by atoms with E-state index < -0.39 is 0 Å². The Balaban J connectivity index is 2.20. The first-order chi connectivity index (χ1) is 9.53. The number of aliphatic hydroxyl groups excluding tert-OH is 1. The van der Waals surface area contributed by atoms with Gasteiger partial charge in [-0.1, -0.05) is 0 Å². The molecule has 3 N–H and O–H groups in total. The van der Waals surface area contributed by atoms with E-state index in [2.05, 4.69) is 0 Å². The molecule has 1 aromatic rings. The molecule has 0 aliphatic carbocycles. The number of carbonyl (C=O) groups is 1. The van der Waals surface area contributed by atoms with E-state index in [1.165, 1.54) is 7.11 Å². The molecule has 1 aromatic carbocycles. The number of amides is 1. The van der Waals surface area contributed by atoms with Gasteiger partial charge in [0.05, 0.1) is 25.9 Å². The molecule has 0 spiro atoms. The second-order valence-electron chi connectivity index (χ2n) is 4.96. The van der Waals surface area contributed by atoms with Gasteiger partial charge in [0.1, 0.15) is 5.75 Å². The number of methoxy groups -OCH3 is 1. The Morgan fingerprint density at radius 3 is 2.90 bits per heavy atom. The van der Waals surface area contributed by atoms with Gasteiger partial charge in [-0.15, -0.1) is 0 Å². The Morgan fingerprint density at radius 2 is 2.25 bits per heavy atom. The Morgan fingerprint density at radius 1 is 1.50 bits per heavy atom. The van der Waals surface area contributed by atoms with Crippen molar-refractivity contribution in [1.29, 1.82) is 0 Å². The van der Waals surface area contributed by atoms with Gasteiger partial charge in [0.25, 0.3) is 5.91 Å². The number of hydrogen-bond acceptors (Lipinski definition) is 5. The van der Waals surface area contributed by atoms with Crippen molar-refractivity contribution in [1.82, 2.24) is 4.90 Å². The maximum Gasteiger partial charge on any atom is 0.254 e. The zero-order valence-electron chi connectivity index (χ0n) is 11.7. The monoisotopic (exact) mass is 280 g/mol. The molecule has 6 nitrogen and oxygen atoms in total. The van der Waals surface area contributed by atoms with Crippen LogP contribution in [0.25, 0.3) is 0 Å². The van der Waals surface area contributed by atoms with Crippen LogP contribution >= 0.6 is 0 Å². The van der Waals surface area contributed by atoms with Gasteiger partial charge in [0.2, 0.25) is 0 Å². The number of nitrogen functional groups attached to an aromatic ring is 1. The number of anilines is 1. The maximum atomic E-state index is 12.5. The highest BCUT2D eigenvalue weighted by Gasteiger charge is 2.28. The van der Waals surface area contributed by atoms with Gasteiger partial charge in [-0.2, -0.15) is 0 Å². The van der Waals surface area contributed by atoms with E-state index in [0.717, 1.165) is 0 Å². The molecule has 6 heteroatoms. The molecule has 1 aliphatic heterocycles. The average Bonchev–Trinajstić information content (AvgIpc) is 2.44. The highest BCUT2D eigenvalue weighted by Crippen LogP contribution is 2.21. The molecule has 1 aliphatic rings. The minimum atomic E-state index is -0.342. The van der Waals surface area contributed by atoms with Crippen LogP contribution in [0.5, 0.6) is 5.75 Å². The summed E-state index contributed by atoms with van der Waals surface area (Å²) < 4.78 is 10.6. The predicted octanol–water partition coefficient (Wildman–Crippen LogP) is 0.499. The van der Waals surface area contributed by atoms with Crippen LogP contribution in [0.4, 0.5) is 5.69 Å². The highest BCUT2D eigenvalue weighted by atomic mass is 16.5. The van der Waals surface area contributed by atoms with Crippen molar-refractivity contribution in [3.05, 3.63) is 23.8 Å². The lowest BCUT2D eigenvalue weighted by atomic mass is 10.1. The number of aliphatic hydroxyl groups is 1. The van der Waals surface area contributed by atoms with Crippen LogP contribution in [0.2, 0.25) is 0 Å². The minimum absolute atomic E-state index is 0.103. The number of rotatable bonds is 3. The Bertz CT molecular complexity index is 492. The summed E-state index contributed by atoms with van der Waals surface area (Å²) in [6.45, 7) is 2.64. The summed E-state index contributed by atoms with van der Waals surface area (Å²) in [4.78, 5) is 14.2. The van der Waals surface area contributed by atoms with Crippen molar-refractivity contribution in [3.8, 4) is 5.75 Å². The fourth-order valence-corrected chi connectivity index (χ4v) is 2.36. The van der Waals surface area contributed by atoms with Crippen LogP contribution in [0, 0.1) is 0 Å². The third kappa shape index (κ3) is 3.20. The average molecular weight is 280 g/mol. The molecule has 2 rings (SSSR count). The van der Waals surface area contributed by atoms with E-state index in [4.69, 9.17) is 15.2 Å². The largest absolute Gasteiger partial charge is 0.497 e. The molecule has 1 fully saturated rings. The second-order valence-corrected chi connectivity index (χ2v) is 4.96. The van der Waals surface area contributed by atoms with E-state index in [1.807, 2.05) is 6.92 Å². The fourth-order valence-electron chi connectivity index (χ4n) is 2.36. The van der Waals surface area contributed by atoms with Crippen LogP contribution in [0.15, 0.2) is 18.2 Å². The van der Waals surface area contributed by atoms with Crippen LogP contribution in [-0.4, -0.2) is 54.9 Å². The van der Waals surface area contributed by atoms with Gasteiger partial charge in [0, 0.05) is 30.4 Å². The van der Waals surface area contributed by atoms with E-state index in [1.54, 1.807) is 23.1 Å². The highest BCUT2D eigenvalue weighted by molar-refractivity contribution is 5.95. The van der Waals surface area contributed by atoms with Gasteiger partial charge >= 0.3 is 0 Å². The fraction of sp³-hybridized carbons (Fsp3) is 0.500. The van der Waals surface area contributed by atoms with E-state index in [0.29, 0.717) is 30.1 Å². The lowest BCUT2D eigenvalue weighted by Gasteiger charge is -2.36. The van der Waals surface area contributed by atoms with Crippen LogP contribution in [-0.2, 0) is 4.74 Å². The normalized spacial score (nSPS) is 22.6. The maximum absolute atomic E-state index is 12.5. The minimum Gasteiger partial charge on any atom is -0.497 e. The summed E-state index contributed by atoms with van der Waals surface area (Å²) in [5.41, 5.74) is 6.73. The Hall–Kier alpha value is -1.79. The number of nitrogens with two attached hydrogens (primary N) is 1. The Kier molecular flexibility index (Phi) is 4.46. The summed E-state index contributed by atoms with van der Waals surface area (Å²) in [5, 5.41) is 9.20. The molecule has 1 saturated heterocycles. The van der Waals surface area contributed by atoms with Crippen molar-refractivity contribution in [2.75, 3.05) is 32.5 Å². The lowest BCUT2D eigenvalue weighted by Crippen LogP contribution is -2.50. The topological polar surface area (TPSA) is 85.0 Å². The van der Waals surface area contributed by atoms with E-state index in [-0.39, 0.29) is 24.7 Å². The number of benzene rings is 1. The first-order valence-corrected chi connectivity index (χ1v) is 6.53. The number of nitrogens with zero attached hydrogens (tertiary/aromatic N) is 1. The zero-order chi connectivity index (χ0) is 14.7. The molecule has 0 bridgehead atoms. The van der Waals surface area contributed by atoms with Gasteiger partial charge in [-0.25, -0.2) is 0 Å². The summed E-state index contributed by atoms with van der Waals surface area (Å²) in [6, 6.07) is 4.95. The van der Waals surface area contributed by atoms with Crippen molar-refractivity contribution in [3.63, 3.8) is 0 Å². The number of ether oxygens (including phenoxy) is 2. The molecule has 110 valence electrons. The molecule has 2 atom stereocenters. The third-order valence-corrected chi connectivity index (χ3v) is 3.23. The molecule has 0 saturated carbocycles. The molecule has 2 unspecified atom stereocenters. The molecule has 1 amide bonds. The van der Waals surface area contributed by atoms with Gasteiger partial charge < -0.3 is 25.2 Å². The van der Waals surface area contributed by atoms with Crippen molar-refractivity contribution >= 4 is 11.6 Å². The smallest absolute Gasteiger partial charge is 0.254 e. The summed E-state index contributed by atoms with van der Waals surface area (Å²) >= 11 is 0. The quantitative estimate of drug-likeness (QED) is 0.788. The number of carbonyl (C=O) groups excluding carboxylic acids is 1. The number of hydrogen-bond donors (Lipinski definition) is 2. The number of morpholine rings is 1. The SMILES string of the molecule is COc1cc(N)cc(C(=O)N2CC(C)OC(CO)C2)c1. The summed E-state index contributed by atoms with van der Waals surface area (Å²) in [7, 11) is 1.53. The van der Waals surface area contributed by atoms with Crippen molar-refractivity contribution in [2.45, 2.75) is 19.1 Å². The summed E-state index contributed by atoms with van der Waals surface area (Å²) in [6.07, 6.45) is -0.446. The molecular weight excluding hydrogens is 260 g/mol. The van der Waals surface area contributed by atoms with Crippen LogP contribution in [0.1, 0.15) is 17.3 Å². The molecule has 1 heterocycles. The third-order valence-electron chi connectivity index (χ3n) is 3.23. The second kappa shape index (κ2) is 6.11. The Labute approximate surface area is 118 Å². The zero-order valence-corrected chi connectivity index (χ0v) is 11.7. The lowest BCUT2D eigenvalue weighted by molar-refractivity contribution is -0.0858. The molecule has 0 radical (unpaired) electrons. The first kappa shape index (κ1) is 14.6. The van der Waals surface area contributed by atoms with Crippen molar-refractivity contribution in [2.24, 2.45) is 0 Å². The first-order valence-electron chi connectivity index (χ1n) is 6.53. The van der Waals surface area contributed by atoms with Gasteiger partial charge in [-0.3, -0.25) is 4.79 Å². The van der Waals surface area contributed by atoms with E-state index >= 15 is 0 Å². The molecule has 20 heavy (non-hydrogen) atoms. The van der Waals surface area contributed by atoms with Gasteiger partial charge in [0.15, 0.2) is 0 Å². The molecule has 0 aromatic heterocycles. The van der Waals surface area contributed by atoms with Gasteiger partial charge in [-0.05, 0) is 19.1 Å². The molecular formula is C14H20N2O4. The van der Waals surface area contributed by atoms with E-state index in [9.17, 15) is 9.90 Å². The predicted molar refractivity (Wildman–Crippen MR) is 74.7 cm³/mol. The van der Waals surface area contributed by atoms with Crippen molar-refractivity contribution < 1.29 is 19.4 Å².